The Morgan fingerprint density at radius 1 is 1.44 bits per heavy atom. The van der Waals surface area contributed by atoms with Crippen LogP contribution in [-0.2, 0) is 4.79 Å². The second-order valence-corrected chi connectivity index (χ2v) is 4.24. The molecule has 0 atom stereocenters. The van der Waals surface area contributed by atoms with Crippen molar-refractivity contribution in [3.63, 3.8) is 0 Å². The summed E-state index contributed by atoms with van der Waals surface area (Å²) >= 11 is 3.23. The predicted molar refractivity (Wildman–Crippen MR) is 68.1 cm³/mol. The maximum absolute atomic E-state index is 11.4. The lowest BCUT2D eigenvalue weighted by molar-refractivity contribution is -0.136. The lowest BCUT2D eigenvalue weighted by atomic mass is 10.2. The molecule has 1 aromatic carbocycles. The minimum Gasteiger partial charge on any atom is -0.481 e. The van der Waals surface area contributed by atoms with Crippen molar-refractivity contribution in [1.82, 2.24) is 5.32 Å². The number of carbonyl (C=O) groups excluding carboxylic acids is 1. The van der Waals surface area contributed by atoms with E-state index in [4.69, 9.17) is 10.4 Å². The van der Waals surface area contributed by atoms with Gasteiger partial charge in [-0.15, -0.1) is 0 Å². The molecule has 0 bridgehead atoms. The van der Waals surface area contributed by atoms with Crippen molar-refractivity contribution in [3.8, 4) is 6.07 Å². The number of anilines is 1. The first-order valence-corrected chi connectivity index (χ1v) is 5.78. The van der Waals surface area contributed by atoms with Gasteiger partial charge in [-0.1, -0.05) is 15.9 Å². The molecule has 2 amide bonds. The molecule has 3 N–H and O–H groups in total. The van der Waals surface area contributed by atoms with E-state index >= 15 is 0 Å². The van der Waals surface area contributed by atoms with Crippen LogP contribution in [0.2, 0.25) is 0 Å². The third-order valence-corrected chi connectivity index (χ3v) is 2.47. The van der Waals surface area contributed by atoms with Crippen LogP contribution in [0.5, 0.6) is 0 Å². The number of hydrogen-bond donors (Lipinski definition) is 3. The zero-order valence-electron chi connectivity index (χ0n) is 9.24. The van der Waals surface area contributed by atoms with Gasteiger partial charge in [-0.3, -0.25) is 4.79 Å². The smallest absolute Gasteiger partial charge is 0.319 e. The van der Waals surface area contributed by atoms with Crippen molar-refractivity contribution >= 4 is 33.6 Å². The fraction of sp³-hybridized carbons (Fsp3) is 0.182. The molecule has 0 radical (unpaired) electrons. The van der Waals surface area contributed by atoms with Gasteiger partial charge in [0.1, 0.15) is 6.07 Å². The highest BCUT2D eigenvalue weighted by Crippen LogP contribution is 2.20. The molecule has 0 spiro atoms. The number of hydrogen-bond acceptors (Lipinski definition) is 3. The molecule has 0 aromatic heterocycles. The fourth-order valence-electron chi connectivity index (χ4n) is 1.17. The van der Waals surface area contributed by atoms with Gasteiger partial charge in [0.15, 0.2) is 0 Å². The first-order valence-electron chi connectivity index (χ1n) is 4.99. The van der Waals surface area contributed by atoms with Crippen LogP contribution in [-0.4, -0.2) is 23.7 Å². The molecule has 18 heavy (non-hydrogen) atoms. The Labute approximate surface area is 112 Å². The summed E-state index contributed by atoms with van der Waals surface area (Å²) in [6.45, 7) is 0.0249. The van der Waals surface area contributed by atoms with Gasteiger partial charge < -0.3 is 15.7 Å². The van der Waals surface area contributed by atoms with Gasteiger partial charge in [0, 0.05) is 11.0 Å². The molecule has 0 aliphatic heterocycles. The highest BCUT2D eigenvalue weighted by atomic mass is 79.9. The number of rotatable bonds is 4. The van der Waals surface area contributed by atoms with E-state index < -0.39 is 12.0 Å². The van der Waals surface area contributed by atoms with E-state index in [-0.39, 0.29) is 13.0 Å². The second kappa shape index (κ2) is 6.61. The van der Waals surface area contributed by atoms with Crippen LogP contribution in [0.3, 0.4) is 0 Å². The standard InChI is InChI=1S/C11H10BrN3O3/c12-8-2-1-7(6-13)9(5-8)15-11(18)14-4-3-10(16)17/h1-2,5H,3-4H2,(H,16,17)(H2,14,15,18). The molecular weight excluding hydrogens is 302 g/mol. The molecule has 0 fully saturated rings. The van der Waals surface area contributed by atoms with Crippen LogP contribution in [0.4, 0.5) is 10.5 Å². The van der Waals surface area contributed by atoms with E-state index in [0.717, 1.165) is 4.47 Å². The SMILES string of the molecule is N#Cc1ccc(Br)cc1NC(=O)NCCC(=O)O. The molecule has 94 valence electrons. The zero-order chi connectivity index (χ0) is 13.5. The molecule has 1 aromatic rings. The molecule has 0 unspecified atom stereocenters. The lowest BCUT2D eigenvalue weighted by Crippen LogP contribution is -2.30. The minimum absolute atomic E-state index is 0.0249. The number of carboxylic acid groups (broad SMARTS) is 1. The molecule has 6 nitrogen and oxygen atoms in total. The summed E-state index contributed by atoms with van der Waals surface area (Å²) in [7, 11) is 0. The number of carboxylic acids is 1. The summed E-state index contributed by atoms with van der Waals surface area (Å²) in [6.07, 6.45) is -0.156. The zero-order valence-corrected chi connectivity index (χ0v) is 10.8. The summed E-state index contributed by atoms with van der Waals surface area (Å²) in [5.74, 6) is -0.990. The monoisotopic (exact) mass is 311 g/mol. The molecule has 7 heteroatoms. The first-order chi connectivity index (χ1) is 8.52. The molecule has 0 aliphatic rings. The van der Waals surface area contributed by atoms with Gasteiger partial charge in [-0.25, -0.2) is 4.79 Å². The van der Waals surface area contributed by atoms with Crippen molar-refractivity contribution in [2.24, 2.45) is 0 Å². The molecule has 0 saturated heterocycles. The van der Waals surface area contributed by atoms with Gasteiger partial charge in [-0.05, 0) is 18.2 Å². The van der Waals surface area contributed by atoms with Crippen LogP contribution >= 0.6 is 15.9 Å². The largest absolute Gasteiger partial charge is 0.481 e. The average molecular weight is 312 g/mol. The summed E-state index contributed by atoms with van der Waals surface area (Å²) in [4.78, 5) is 21.7. The Morgan fingerprint density at radius 2 is 2.17 bits per heavy atom. The quantitative estimate of drug-likeness (QED) is 0.790. The normalized spacial score (nSPS) is 9.33. The van der Waals surface area contributed by atoms with Crippen molar-refractivity contribution < 1.29 is 14.7 Å². The molecule has 0 heterocycles. The number of amides is 2. The third-order valence-electron chi connectivity index (χ3n) is 1.97. The second-order valence-electron chi connectivity index (χ2n) is 3.33. The van der Waals surface area contributed by atoms with Gasteiger partial charge in [0.05, 0.1) is 17.7 Å². The Morgan fingerprint density at radius 3 is 2.78 bits per heavy atom. The predicted octanol–water partition coefficient (Wildman–Crippen LogP) is 1.92. The van der Waals surface area contributed by atoms with Crippen molar-refractivity contribution in [2.75, 3.05) is 11.9 Å². The first kappa shape index (κ1) is 14.0. The molecule has 0 saturated carbocycles. The van der Waals surface area contributed by atoms with E-state index in [0.29, 0.717) is 11.3 Å². The summed E-state index contributed by atoms with van der Waals surface area (Å²) < 4.78 is 0.724. The highest BCUT2D eigenvalue weighted by Gasteiger charge is 2.07. The number of nitrogens with one attached hydrogen (secondary N) is 2. The van der Waals surface area contributed by atoms with Crippen molar-refractivity contribution in [2.45, 2.75) is 6.42 Å². The van der Waals surface area contributed by atoms with E-state index in [2.05, 4.69) is 26.6 Å². The molecule has 1 rings (SSSR count). The Kier molecular flexibility index (Phi) is 5.14. The van der Waals surface area contributed by atoms with E-state index in [1.165, 1.54) is 0 Å². The van der Waals surface area contributed by atoms with E-state index in [1.807, 2.05) is 6.07 Å². The van der Waals surface area contributed by atoms with Crippen LogP contribution < -0.4 is 10.6 Å². The van der Waals surface area contributed by atoms with Gasteiger partial charge in [0.2, 0.25) is 0 Å². The van der Waals surface area contributed by atoms with Crippen LogP contribution in [0.15, 0.2) is 22.7 Å². The van der Waals surface area contributed by atoms with Crippen molar-refractivity contribution in [1.29, 1.82) is 5.26 Å². The Bertz CT molecular complexity index is 511. The van der Waals surface area contributed by atoms with Crippen LogP contribution in [0, 0.1) is 11.3 Å². The number of urea groups is 1. The van der Waals surface area contributed by atoms with Crippen molar-refractivity contribution in [3.05, 3.63) is 28.2 Å². The minimum atomic E-state index is -0.990. The van der Waals surface area contributed by atoms with Crippen LogP contribution in [0.1, 0.15) is 12.0 Å². The lowest BCUT2D eigenvalue weighted by Gasteiger charge is -2.08. The van der Waals surface area contributed by atoms with Gasteiger partial charge in [0.25, 0.3) is 0 Å². The topological polar surface area (TPSA) is 102 Å². The number of carbonyl (C=O) groups is 2. The summed E-state index contributed by atoms with van der Waals surface area (Å²) in [5.41, 5.74) is 0.686. The number of aliphatic carboxylic acids is 1. The maximum atomic E-state index is 11.4. The average Bonchev–Trinajstić information content (AvgIpc) is 2.28. The Hall–Kier alpha value is -2.07. The van der Waals surface area contributed by atoms with Gasteiger partial charge in [-0.2, -0.15) is 5.26 Å². The fourth-order valence-corrected chi connectivity index (χ4v) is 1.53. The highest BCUT2D eigenvalue weighted by molar-refractivity contribution is 9.10. The van der Waals surface area contributed by atoms with E-state index in [1.54, 1.807) is 18.2 Å². The summed E-state index contributed by atoms with van der Waals surface area (Å²) in [6, 6.07) is 6.24. The molecular formula is C11H10BrN3O3. The number of nitrogens with zero attached hydrogens (tertiary/aromatic N) is 1. The number of nitriles is 1. The van der Waals surface area contributed by atoms with E-state index in [9.17, 15) is 9.59 Å². The summed E-state index contributed by atoms with van der Waals surface area (Å²) in [5, 5.41) is 22.1. The Balaban J connectivity index is 2.61. The number of halogens is 1. The molecule has 0 aliphatic carbocycles. The third kappa shape index (κ3) is 4.43. The number of benzene rings is 1. The maximum Gasteiger partial charge on any atom is 0.319 e. The van der Waals surface area contributed by atoms with Crippen LogP contribution in [0.25, 0.3) is 0 Å². The van der Waals surface area contributed by atoms with Gasteiger partial charge >= 0.3 is 12.0 Å².